The molecule has 3 nitrogen and oxygen atoms in total. The van der Waals surface area contributed by atoms with Crippen molar-refractivity contribution in [3.05, 3.63) is 59.4 Å². The topological polar surface area (TPSA) is 34.1 Å². The maximum absolute atomic E-state index is 13.5. The van der Waals surface area contributed by atoms with Crippen molar-refractivity contribution in [2.45, 2.75) is 26.5 Å². The fraction of sp³-hybridized carbons (Fsp3) is 0.312. The van der Waals surface area contributed by atoms with Gasteiger partial charge in [0, 0.05) is 24.4 Å². The van der Waals surface area contributed by atoms with Crippen molar-refractivity contribution in [3.8, 4) is 5.75 Å². The third-order valence-corrected chi connectivity index (χ3v) is 2.85. The Kier molecular flexibility index (Phi) is 5.63. The Labute approximate surface area is 123 Å². The maximum Gasteiger partial charge on any atom is 0.141 e. The lowest BCUT2D eigenvalue weighted by Gasteiger charge is -2.09. The van der Waals surface area contributed by atoms with E-state index in [1.165, 1.54) is 24.4 Å². The highest BCUT2D eigenvalue weighted by Crippen LogP contribution is 2.18. The molecule has 0 radical (unpaired) electrons. The zero-order chi connectivity index (χ0) is 15.1. The molecule has 0 saturated carbocycles. The molecule has 5 heteroatoms. The van der Waals surface area contributed by atoms with Crippen LogP contribution in [0.25, 0.3) is 0 Å². The van der Waals surface area contributed by atoms with Crippen molar-refractivity contribution in [3.63, 3.8) is 0 Å². The van der Waals surface area contributed by atoms with Crippen molar-refractivity contribution in [1.82, 2.24) is 10.3 Å². The molecule has 1 aromatic heterocycles. The summed E-state index contributed by atoms with van der Waals surface area (Å²) in [5.41, 5.74) is 1.42. The number of hydrogen-bond donors (Lipinski definition) is 1. The summed E-state index contributed by atoms with van der Waals surface area (Å²) in [5.74, 6) is -0.342. The van der Waals surface area contributed by atoms with Gasteiger partial charge in [-0.15, -0.1) is 0 Å². The number of ether oxygens (including phenoxy) is 1. The highest BCUT2D eigenvalue weighted by atomic mass is 19.1. The lowest BCUT2D eigenvalue weighted by atomic mass is 10.2. The van der Waals surface area contributed by atoms with Gasteiger partial charge in [-0.25, -0.2) is 8.78 Å². The minimum atomic E-state index is -0.417. The van der Waals surface area contributed by atoms with Crippen molar-refractivity contribution >= 4 is 0 Å². The van der Waals surface area contributed by atoms with Crippen molar-refractivity contribution in [1.29, 1.82) is 0 Å². The molecule has 0 saturated heterocycles. The molecule has 112 valence electrons. The van der Waals surface area contributed by atoms with E-state index in [4.69, 9.17) is 4.74 Å². The lowest BCUT2D eigenvalue weighted by molar-refractivity contribution is 0.303. The molecular weight excluding hydrogens is 274 g/mol. The van der Waals surface area contributed by atoms with Crippen LogP contribution in [-0.2, 0) is 13.2 Å². The third-order valence-electron chi connectivity index (χ3n) is 2.85. The summed E-state index contributed by atoms with van der Waals surface area (Å²) in [5, 5.41) is 3.21. The first-order valence-corrected chi connectivity index (χ1v) is 6.90. The smallest absolute Gasteiger partial charge is 0.141 e. The molecule has 0 unspecified atom stereocenters. The van der Waals surface area contributed by atoms with Crippen LogP contribution in [0.3, 0.4) is 0 Å². The monoisotopic (exact) mass is 292 g/mol. The molecule has 0 spiro atoms. The molecule has 0 aliphatic carbocycles. The average Bonchev–Trinajstić information content (AvgIpc) is 2.45. The first-order valence-electron chi connectivity index (χ1n) is 6.90. The second-order valence-corrected chi connectivity index (χ2v) is 4.77. The summed E-state index contributed by atoms with van der Waals surface area (Å²) < 4.78 is 32.1. The summed E-state index contributed by atoms with van der Waals surface area (Å²) in [7, 11) is 0. The Morgan fingerprint density at radius 2 is 1.86 bits per heavy atom. The third kappa shape index (κ3) is 5.11. The van der Waals surface area contributed by atoms with Gasteiger partial charge in [0.05, 0.1) is 6.20 Å². The summed E-state index contributed by atoms with van der Waals surface area (Å²) >= 11 is 0. The molecule has 0 bridgehead atoms. The van der Waals surface area contributed by atoms with Crippen LogP contribution >= 0.6 is 0 Å². The van der Waals surface area contributed by atoms with Crippen molar-refractivity contribution in [2.24, 2.45) is 0 Å². The van der Waals surface area contributed by atoms with E-state index in [9.17, 15) is 8.78 Å². The minimum Gasteiger partial charge on any atom is -0.489 e. The van der Waals surface area contributed by atoms with E-state index in [-0.39, 0.29) is 12.4 Å². The highest BCUT2D eigenvalue weighted by molar-refractivity contribution is 5.30. The standard InChI is InChI=1S/C16H18F2N2O/c1-2-3-19-8-12-4-14(17)7-16(6-12)21-11-13-5-15(18)10-20-9-13/h4-7,9-10,19H,2-3,8,11H2,1H3. The van der Waals surface area contributed by atoms with Gasteiger partial charge in [0.1, 0.15) is 24.0 Å². The Balaban J connectivity index is 1.99. The van der Waals surface area contributed by atoms with Gasteiger partial charge in [-0.05, 0) is 36.7 Å². The van der Waals surface area contributed by atoms with Crippen molar-refractivity contribution < 1.29 is 13.5 Å². The Morgan fingerprint density at radius 3 is 2.62 bits per heavy atom. The van der Waals surface area contributed by atoms with E-state index in [0.717, 1.165) is 24.7 Å². The van der Waals surface area contributed by atoms with Gasteiger partial charge in [0.2, 0.25) is 0 Å². The number of aromatic nitrogens is 1. The lowest BCUT2D eigenvalue weighted by Crippen LogP contribution is -2.14. The molecule has 0 aliphatic heterocycles. The highest BCUT2D eigenvalue weighted by Gasteiger charge is 2.03. The Bertz CT molecular complexity index is 590. The molecule has 0 fully saturated rings. The zero-order valence-electron chi connectivity index (χ0n) is 11.9. The number of nitrogens with zero attached hydrogens (tertiary/aromatic N) is 1. The van der Waals surface area contributed by atoms with Gasteiger partial charge >= 0.3 is 0 Å². The second kappa shape index (κ2) is 7.69. The van der Waals surface area contributed by atoms with Gasteiger partial charge in [-0.2, -0.15) is 0 Å². The Hall–Kier alpha value is -2.01. The molecule has 1 heterocycles. The average molecular weight is 292 g/mol. The predicted octanol–water partition coefficient (Wildman–Crippen LogP) is 3.44. The molecule has 1 N–H and O–H groups in total. The van der Waals surface area contributed by atoms with Crippen LogP contribution in [0.1, 0.15) is 24.5 Å². The van der Waals surface area contributed by atoms with E-state index >= 15 is 0 Å². The zero-order valence-corrected chi connectivity index (χ0v) is 11.9. The fourth-order valence-corrected chi connectivity index (χ4v) is 1.92. The van der Waals surface area contributed by atoms with Gasteiger partial charge < -0.3 is 10.1 Å². The molecule has 21 heavy (non-hydrogen) atoms. The normalized spacial score (nSPS) is 10.6. The van der Waals surface area contributed by atoms with Crippen molar-refractivity contribution in [2.75, 3.05) is 6.54 Å². The number of benzene rings is 1. The maximum atomic E-state index is 13.5. The molecule has 1 aromatic carbocycles. The number of nitrogens with one attached hydrogen (secondary N) is 1. The van der Waals surface area contributed by atoms with E-state index in [2.05, 4.69) is 17.2 Å². The van der Waals surface area contributed by atoms with Gasteiger partial charge in [0.25, 0.3) is 0 Å². The van der Waals surface area contributed by atoms with E-state index in [1.807, 2.05) is 0 Å². The summed E-state index contributed by atoms with van der Waals surface area (Å²) in [6.07, 6.45) is 3.67. The molecule has 2 rings (SSSR count). The fourth-order valence-electron chi connectivity index (χ4n) is 1.92. The number of rotatable bonds is 7. The first kappa shape index (κ1) is 15.4. The number of pyridine rings is 1. The molecular formula is C16H18F2N2O. The van der Waals surface area contributed by atoms with Crippen LogP contribution in [0.15, 0.2) is 36.7 Å². The second-order valence-electron chi connectivity index (χ2n) is 4.77. The van der Waals surface area contributed by atoms with E-state index < -0.39 is 5.82 Å². The summed E-state index contributed by atoms with van der Waals surface area (Å²) in [6, 6.07) is 5.91. The van der Waals surface area contributed by atoms with Crippen LogP contribution in [0, 0.1) is 11.6 Å². The SMILES string of the molecule is CCCNCc1cc(F)cc(OCc2cncc(F)c2)c1. The number of halogens is 2. The van der Waals surface area contributed by atoms with Crippen LogP contribution in [0.4, 0.5) is 8.78 Å². The predicted molar refractivity (Wildman–Crippen MR) is 76.9 cm³/mol. The molecule has 0 atom stereocenters. The van der Waals surface area contributed by atoms with Crippen LogP contribution in [0.2, 0.25) is 0 Å². The number of hydrogen-bond acceptors (Lipinski definition) is 3. The van der Waals surface area contributed by atoms with Gasteiger partial charge in [-0.3, -0.25) is 4.98 Å². The molecule has 0 amide bonds. The summed E-state index contributed by atoms with van der Waals surface area (Å²) in [6.45, 7) is 3.68. The quantitative estimate of drug-likeness (QED) is 0.794. The molecule has 2 aromatic rings. The Morgan fingerprint density at radius 1 is 1.05 bits per heavy atom. The van der Waals surface area contributed by atoms with Crippen LogP contribution < -0.4 is 10.1 Å². The largest absolute Gasteiger partial charge is 0.489 e. The first-order chi connectivity index (χ1) is 10.2. The summed E-state index contributed by atoms with van der Waals surface area (Å²) in [4.78, 5) is 3.74. The van der Waals surface area contributed by atoms with Crippen LogP contribution in [0.5, 0.6) is 5.75 Å². The van der Waals surface area contributed by atoms with E-state index in [1.54, 1.807) is 6.07 Å². The minimum absolute atomic E-state index is 0.149. The van der Waals surface area contributed by atoms with Gasteiger partial charge in [0.15, 0.2) is 0 Å². The van der Waals surface area contributed by atoms with E-state index in [0.29, 0.717) is 17.9 Å². The van der Waals surface area contributed by atoms with Crippen LogP contribution in [-0.4, -0.2) is 11.5 Å². The van der Waals surface area contributed by atoms with Gasteiger partial charge in [-0.1, -0.05) is 6.92 Å². The molecule has 0 aliphatic rings.